The fraction of sp³-hybridized carbons (Fsp3) is 0.143. The Bertz CT molecular complexity index is 562. The van der Waals surface area contributed by atoms with Gasteiger partial charge >= 0.3 is 0 Å². The van der Waals surface area contributed by atoms with Crippen molar-refractivity contribution in [2.75, 3.05) is 20.0 Å². The molecule has 0 bridgehead atoms. The molecule has 2 N–H and O–H groups in total. The Balaban J connectivity index is 2.39. The van der Waals surface area contributed by atoms with Crippen LogP contribution in [0, 0.1) is 0 Å². The number of rotatable bonds is 4. The van der Waals surface area contributed by atoms with Crippen molar-refractivity contribution in [2.45, 2.75) is 0 Å². The topological polar surface area (TPSA) is 69.7 Å². The molecule has 5 heteroatoms. The first-order chi connectivity index (χ1) is 9.24. The van der Waals surface area contributed by atoms with Gasteiger partial charge < -0.3 is 15.3 Å². The maximum Gasteiger partial charge on any atom is 0.123 e. The maximum atomic E-state index is 5.58. The first-order valence-electron chi connectivity index (χ1n) is 5.72. The number of nitrogens with zero attached hydrogens (tertiary/aromatic N) is 2. The zero-order chi connectivity index (χ0) is 13.7. The number of anilines is 1. The number of methoxy groups -OCH3 is 1. The van der Waals surface area contributed by atoms with Gasteiger partial charge in [0.2, 0.25) is 0 Å². The zero-order valence-electron chi connectivity index (χ0n) is 10.8. The second-order valence-corrected chi connectivity index (χ2v) is 3.82. The minimum atomic E-state index is 0.468. The fourth-order valence-corrected chi connectivity index (χ4v) is 1.66. The molecule has 0 amide bonds. The van der Waals surface area contributed by atoms with Gasteiger partial charge in [-0.15, -0.1) is 0 Å². The molecule has 98 valence electrons. The van der Waals surface area contributed by atoms with Gasteiger partial charge in [-0.25, -0.2) is 4.98 Å². The number of nitrogen functional groups attached to an aromatic ring is 1. The standard InChI is InChI=1S/C14H15N3O2/c1-18-12-6-3-10(4-7-12)14(17-19-2)11-5-8-13(15)16-9-11/h3-9H,1-2H3,(H2,15,16)/b17-14-. The lowest BCUT2D eigenvalue weighted by Crippen LogP contribution is -2.05. The van der Waals surface area contributed by atoms with E-state index in [1.807, 2.05) is 30.3 Å². The van der Waals surface area contributed by atoms with Crippen LogP contribution in [0.1, 0.15) is 11.1 Å². The predicted molar refractivity (Wildman–Crippen MR) is 74.3 cm³/mol. The molecule has 2 aromatic rings. The molecule has 0 aliphatic carbocycles. The van der Waals surface area contributed by atoms with Gasteiger partial charge in [0.05, 0.1) is 7.11 Å². The monoisotopic (exact) mass is 257 g/mol. The van der Waals surface area contributed by atoms with Crippen LogP contribution in [0.4, 0.5) is 5.82 Å². The van der Waals surface area contributed by atoms with Crippen LogP contribution < -0.4 is 10.5 Å². The number of hydrogen-bond acceptors (Lipinski definition) is 5. The molecule has 1 aromatic carbocycles. The van der Waals surface area contributed by atoms with Gasteiger partial charge in [-0.1, -0.05) is 5.16 Å². The maximum absolute atomic E-state index is 5.58. The molecule has 0 saturated heterocycles. The van der Waals surface area contributed by atoms with E-state index >= 15 is 0 Å². The van der Waals surface area contributed by atoms with Gasteiger partial charge in [-0.2, -0.15) is 0 Å². The van der Waals surface area contributed by atoms with Crippen LogP contribution in [-0.2, 0) is 4.84 Å². The first kappa shape index (κ1) is 12.9. The van der Waals surface area contributed by atoms with Crippen molar-refractivity contribution in [1.82, 2.24) is 4.98 Å². The summed E-state index contributed by atoms with van der Waals surface area (Å²) in [5.74, 6) is 1.26. The Labute approximate surface area is 111 Å². The number of ether oxygens (including phenoxy) is 1. The molecule has 1 aromatic heterocycles. The third-order valence-corrected chi connectivity index (χ3v) is 2.61. The van der Waals surface area contributed by atoms with Gasteiger partial charge in [-0.3, -0.25) is 0 Å². The van der Waals surface area contributed by atoms with Crippen molar-refractivity contribution in [3.8, 4) is 5.75 Å². The minimum absolute atomic E-state index is 0.468. The molecule has 0 fully saturated rings. The largest absolute Gasteiger partial charge is 0.497 e. The molecule has 5 nitrogen and oxygen atoms in total. The van der Waals surface area contributed by atoms with E-state index in [4.69, 9.17) is 15.3 Å². The highest BCUT2D eigenvalue weighted by Crippen LogP contribution is 2.16. The van der Waals surface area contributed by atoms with E-state index < -0.39 is 0 Å². The molecule has 0 unspecified atom stereocenters. The normalized spacial score (nSPS) is 11.2. The number of pyridine rings is 1. The van der Waals surface area contributed by atoms with E-state index in [9.17, 15) is 0 Å². The fourth-order valence-electron chi connectivity index (χ4n) is 1.66. The molecule has 19 heavy (non-hydrogen) atoms. The number of benzene rings is 1. The van der Waals surface area contributed by atoms with Crippen molar-refractivity contribution in [1.29, 1.82) is 0 Å². The number of aromatic nitrogens is 1. The molecule has 0 aliphatic rings. The molecule has 0 aliphatic heterocycles. The summed E-state index contributed by atoms with van der Waals surface area (Å²) >= 11 is 0. The average Bonchev–Trinajstić information content (AvgIpc) is 2.46. The van der Waals surface area contributed by atoms with E-state index in [2.05, 4.69) is 10.1 Å². The third-order valence-electron chi connectivity index (χ3n) is 2.61. The van der Waals surface area contributed by atoms with E-state index in [0.29, 0.717) is 11.5 Å². The van der Waals surface area contributed by atoms with Gasteiger partial charge in [0.1, 0.15) is 24.4 Å². The Morgan fingerprint density at radius 3 is 2.26 bits per heavy atom. The quantitative estimate of drug-likeness (QED) is 0.672. The lowest BCUT2D eigenvalue weighted by Gasteiger charge is -2.07. The van der Waals surface area contributed by atoms with Crippen LogP contribution in [-0.4, -0.2) is 24.9 Å². The number of nitrogens with two attached hydrogens (primary N) is 1. The van der Waals surface area contributed by atoms with Gasteiger partial charge in [0.25, 0.3) is 0 Å². The average molecular weight is 257 g/mol. The van der Waals surface area contributed by atoms with Crippen LogP contribution in [0.3, 0.4) is 0 Å². The van der Waals surface area contributed by atoms with Gasteiger partial charge in [-0.05, 0) is 36.4 Å². The summed E-state index contributed by atoms with van der Waals surface area (Å²) < 4.78 is 5.13. The smallest absolute Gasteiger partial charge is 0.123 e. The second kappa shape index (κ2) is 5.86. The number of oxime groups is 1. The summed E-state index contributed by atoms with van der Waals surface area (Å²) in [5.41, 5.74) is 8.02. The highest BCUT2D eigenvalue weighted by Gasteiger charge is 2.08. The molecule has 2 rings (SSSR count). The third kappa shape index (κ3) is 3.01. The summed E-state index contributed by atoms with van der Waals surface area (Å²) in [6.45, 7) is 0. The van der Waals surface area contributed by atoms with Crippen molar-refractivity contribution in [3.05, 3.63) is 53.7 Å². The molecule has 1 heterocycles. The molecule has 0 atom stereocenters. The van der Waals surface area contributed by atoms with Crippen LogP contribution in [0.25, 0.3) is 0 Å². The lowest BCUT2D eigenvalue weighted by molar-refractivity contribution is 0.214. The summed E-state index contributed by atoms with van der Waals surface area (Å²) in [6.07, 6.45) is 1.66. The first-order valence-corrected chi connectivity index (χ1v) is 5.72. The highest BCUT2D eigenvalue weighted by molar-refractivity contribution is 6.12. The molecular weight excluding hydrogens is 242 g/mol. The Morgan fingerprint density at radius 1 is 1.05 bits per heavy atom. The predicted octanol–water partition coefficient (Wildman–Crippen LogP) is 2.07. The van der Waals surface area contributed by atoms with Gasteiger partial charge in [0, 0.05) is 17.3 Å². The molecule has 0 spiro atoms. The summed E-state index contributed by atoms with van der Waals surface area (Å²) in [7, 11) is 3.14. The van der Waals surface area contributed by atoms with Crippen molar-refractivity contribution in [2.24, 2.45) is 5.16 Å². The SMILES string of the molecule is CO/N=C(/c1ccc(OC)cc1)c1ccc(N)nc1. The van der Waals surface area contributed by atoms with E-state index in [0.717, 1.165) is 16.9 Å². The summed E-state index contributed by atoms with van der Waals surface area (Å²) in [6, 6.07) is 11.1. The minimum Gasteiger partial charge on any atom is -0.497 e. The molecular formula is C14H15N3O2. The van der Waals surface area contributed by atoms with Gasteiger partial charge in [0.15, 0.2) is 0 Å². The number of hydrogen-bond donors (Lipinski definition) is 1. The van der Waals surface area contributed by atoms with Crippen molar-refractivity contribution in [3.63, 3.8) is 0 Å². The van der Waals surface area contributed by atoms with Crippen molar-refractivity contribution < 1.29 is 9.57 Å². The molecule has 0 saturated carbocycles. The summed E-state index contributed by atoms with van der Waals surface area (Å²) in [4.78, 5) is 8.96. The van der Waals surface area contributed by atoms with Crippen molar-refractivity contribution >= 4 is 11.5 Å². The zero-order valence-corrected chi connectivity index (χ0v) is 10.8. The summed E-state index contributed by atoms with van der Waals surface area (Å²) in [5, 5.41) is 4.04. The van der Waals surface area contributed by atoms with Crippen LogP contribution >= 0.6 is 0 Å². The van der Waals surface area contributed by atoms with E-state index in [1.54, 1.807) is 19.4 Å². The molecule has 0 radical (unpaired) electrons. The second-order valence-electron chi connectivity index (χ2n) is 3.82. The Hall–Kier alpha value is -2.56. The van der Waals surface area contributed by atoms with E-state index in [-0.39, 0.29) is 0 Å². The van der Waals surface area contributed by atoms with E-state index in [1.165, 1.54) is 7.11 Å². The van der Waals surface area contributed by atoms with Crippen LogP contribution in [0.2, 0.25) is 0 Å². The Kier molecular flexibility index (Phi) is 3.97. The Morgan fingerprint density at radius 2 is 1.74 bits per heavy atom. The highest BCUT2D eigenvalue weighted by atomic mass is 16.6. The van der Waals surface area contributed by atoms with Crippen LogP contribution in [0.5, 0.6) is 5.75 Å². The van der Waals surface area contributed by atoms with Crippen LogP contribution in [0.15, 0.2) is 47.8 Å². The lowest BCUT2D eigenvalue weighted by atomic mass is 10.0.